The van der Waals surface area contributed by atoms with Crippen LogP contribution in [0.15, 0.2) is 34.4 Å². The molecule has 0 aliphatic rings. The Bertz CT molecular complexity index is 347. The van der Waals surface area contributed by atoms with E-state index in [1.807, 2.05) is 38.1 Å². The Labute approximate surface area is 93.1 Å². The van der Waals surface area contributed by atoms with Gasteiger partial charge in [0.25, 0.3) is 0 Å². The molecule has 0 bridgehead atoms. The Balaban J connectivity index is 2.90. The lowest BCUT2D eigenvalue weighted by molar-refractivity contribution is 0.412. The van der Waals surface area contributed by atoms with Crippen LogP contribution in [0.2, 0.25) is 0 Å². The summed E-state index contributed by atoms with van der Waals surface area (Å²) < 4.78 is 6.16. The van der Waals surface area contributed by atoms with Crippen LogP contribution >= 0.6 is 15.9 Å². The second-order valence-electron chi connectivity index (χ2n) is 2.95. The lowest BCUT2D eigenvalue weighted by atomic mass is 10.3. The van der Waals surface area contributed by atoms with E-state index in [-0.39, 0.29) is 0 Å². The number of benzene rings is 1. The summed E-state index contributed by atoms with van der Waals surface area (Å²) in [6, 6.07) is 5.92. The Kier molecular flexibility index (Phi) is 4.01. The second-order valence-corrected chi connectivity index (χ2v) is 3.80. The van der Waals surface area contributed by atoms with Gasteiger partial charge >= 0.3 is 0 Å². The van der Waals surface area contributed by atoms with Gasteiger partial charge in [-0.05, 0) is 41.9 Å². The Morgan fingerprint density at radius 1 is 1.50 bits per heavy atom. The van der Waals surface area contributed by atoms with E-state index in [4.69, 9.17) is 4.74 Å². The third-order valence-corrected chi connectivity index (χ3v) is 2.58. The minimum absolute atomic E-state index is 0.832. The molecule has 0 radical (unpaired) electrons. The molecule has 0 unspecified atom stereocenters. The van der Waals surface area contributed by atoms with Gasteiger partial charge in [-0.25, -0.2) is 0 Å². The summed E-state index contributed by atoms with van der Waals surface area (Å²) in [5.74, 6) is 0.832. The Morgan fingerprint density at radius 2 is 2.21 bits per heavy atom. The van der Waals surface area contributed by atoms with Crippen molar-refractivity contribution in [1.29, 1.82) is 0 Å². The molecule has 1 aromatic carbocycles. The van der Waals surface area contributed by atoms with Gasteiger partial charge in [0, 0.05) is 17.5 Å². The summed E-state index contributed by atoms with van der Waals surface area (Å²) in [7, 11) is 1.66. The molecular formula is C11H14BrNO. The topological polar surface area (TPSA) is 21.3 Å². The highest BCUT2D eigenvalue weighted by molar-refractivity contribution is 9.10. The van der Waals surface area contributed by atoms with Crippen LogP contribution < -0.4 is 10.1 Å². The van der Waals surface area contributed by atoms with Gasteiger partial charge in [-0.1, -0.05) is 6.08 Å². The number of hydrogen-bond acceptors (Lipinski definition) is 2. The fraction of sp³-hybridized carbons (Fsp3) is 0.273. The zero-order valence-electron chi connectivity index (χ0n) is 8.60. The van der Waals surface area contributed by atoms with Crippen molar-refractivity contribution in [3.8, 4) is 5.75 Å². The summed E-state index contributed by atoms with van der Waals surface area (Å²) in [5.41, 5.74) is 2.15. The molecule has 0 amide bonds. The van der Waals surface area contributed by atoms with Crippen molar-refractivity contribution in [2.75, 3.05) is 12.4 Å². The molecule has 1 rings (SSSR count). The summed E-state index contributed by atoms with van der Waals surface area (Å²) in [5, 5.41) is 3.25. The number of rotatable bonds is 3. The first-order valence-electron chi connectivity index (χ1n) is 4.41. The summed E-state index contributed by atoms with van der Waals surface area (Å²) in [4.78, 5) is 0. The predicted molar refractivity (Wildman–Crippen MR) is 63.7 cm³/mol. The van der Waals surface area contributed by atoms with Gasteiger partial charge in [0.15, 0.2) is 0 Å². The molecule has 14 heavy (non-hydrogen) atoms. The Hall–Kier alpha value is -0.960. The number of nitrogens with one attached hydrogen (secondary N) is 1. The fourth-order valence-corrected chi connectivity index (χ4v) is 1.45. The minimum Gasteiger partial charge on any atom is -0.495 e. The highest BCUT2D eigenvalue weighted by Crippen LogP contribution is 2.28. The number of ether oxygens (including phenoxy) is 1. The van der Waals surface area contributed by atoms with E-state index in [2.05, 4.69) is 21.2 Å². The van der Waals surface area contributed by atoms with Crippen molar-refractivity contribution in [3.63, 3.8) is 0 Å². The first-order chi connectivity index (χ1) is 6.67. The molecule has 0 atom stereocenters. The lowest BCUT2D eigenvalue weighted by Gasteiger charge is -2.09. The molecule has 3 heteroatoms. The number of anilines is 1. The fourth-order valence-electron chi connectivity index (χ4n) is 1.04. The second kappa shape index (κ2) is 5.05. The van der Waals surface area contributed by atoms with Gasteiger partial charge in [0.2, 0.25) is 0 Å². The van der Waals surface area contributed by atoms with Gasteiger partial charge in [-0.2, -0.15) is 0 Å². The minimum atomic E-state index is 0.832. The number of halogens is 1. The normalized spacial score (nSPS) is 11.3. The molecule has 0 saturated carbocycles. The average molecular weight is 256 g/mol. The molecule has 76 valence electrons. The van der Waals surface area contributed by atoms with Crippen molar-refractivity contribution in [2.45, 2.75) is 13.8 Å². The zero-order chi connectivity index (χ0) is 10.6. The number of methoxy groups -OCH3 is 1. The van der Waals surface area contributed by atoms with E-state index in [0.717, 1.165) is 21.6 Å². The molecule has 1 aromatic rings. The Morgan fingerprint density at radius 3 is 2.79 bits per heavy atom. The highest BCUT2D eigenvalue weighted by Gasteiger charge is 2.00. The van der Waals surface area contributed by atoms with Crippen molar-refractivity contribution < 1.29 is 4.74 Å². The zero-order valence-corrected chi connectivity index (χ0v) is 10.2. The maximum absolute atomic E-state index is 5.19. The maximum Gasteiger partial charge on any atom is 0.135 e. The molecule has 1 N–H and O–H groups in total. The quantitative estimate of drug-likeness (QED) is 0.888. The van der Waals surface area contributed by atoms with Crippen LogP contribution in [0.4, 0.5) is 5.69 Å². The molecular weight excluding hydrogens is 242 g/mol. The first-order valence-corrected chi connectivity index (χ1v) is 5.20. The first kappa shape index (κ1) is 11.1. The molecule has 0 heterocycles. The van der Waals surface area contributed by atoms with E-state index in [1.54, 1.807) is 7.11 Å². The third kappa shape index (κ3) is 2.77. The van der Waals surface area contributed by atoms with Gasteiger partial charge in [0.1, 0.15) is 5.75 Å². The van der Waals surface area contributed by atoms with Gasteiger partial charge in [0.05, 0.1) is 11.6 Å². The van der Waals surface area contributed by atoms with Gasteiger partial charge < -0.3 is 10.1 Å². The maximum atomic E-state index is 5.19. The average Bonchev–Trinajstić information content (AvgIpc) is 2.20. The van der Waals surface area contributed by atoms with E-state index < -0.39 is 0 Å². The summed E-state index contributed by atoms with van der Waals surface area (Å²) >= 11 is 3.41. The monoisotopic (exact) mass is 255 g/mol. The van der Waals surface area contributed by atoms with E-state index in [9.17, 15) is 0 Å². The van der Waals surface area contributed by atoms with Crippen molar-refractivity contribution in [1.82, 2.24) is 0 Å². The molecule has 0 aromatic heterocycles. The number of allylic oxidation sites excluding steroid dienone is 2. The third-order valence-electron chi connectivity index (χ3n) is 1.93. The summed E-state index contributed by atoms with van der Waals surface area (Å²) in [6.07, 6.45) is 2.02. The van der Waals surface area contributed by atoms with Crippen LogP contribution in [0.25, 0.3) is 0 Å². The van der Waals surface area contributed by atoms with E-state index in [1.165, 1.54) is 0 Å². The van der Waals surface area contributed by atoms with Crippen LogP contribution in [-0.4, -0.2) is 7.11 Å². The van der Waals surface area contributed by atoms with Crippen molar-refractivity contribution in [3.05, 3.63) is 34.4 Å². The summed E-state index contributed by atoms with van der Waals surface area (Å²) in [6.45, 7) is 4.02. The van der Waals surface area contributed by atoms with Gasteiger partial charge in [-0.3, -0.25) is 0 Å². The standard InChI is InChI=1S/C11H14BrNO/c1-4-8(2)13-9-5-6-10(12)11(7-9)14-3/h4-7,13H,1-3H3/b8-4-. The van der Waals surface area contributed by atoms with Crippen LogP contribution in [0, 0.1) is 0 Å². The lowest BCUT2D eigenvalue weighted by Crippen LogP contribution is -1.95. The molecule has 0 aliphatic carbocycles. The molecule has 0 aliphatic heterocycles. The predicted octanol–water partition coefficient (Wildman–Crippen LogP) is 3.79. The molecule has 0 saturated heterocycles. The number of hydrogen-bond donors (Lipinski definition) is 1. The largest absolute Gasteiger partial charge is 0.495 e. The van der Waals surface area contributed by atoms with Crippen LogP contribution in [0.5, 0.6) is 5.75 Å². The van der Waals surface area contributed by atoms with E-state index in [0.29, 0.717) is 0 Å². The van der Waals surface area contributed by atoms with Crippen LogP contribution in [-0.2, 0) is 0 Å². The van der Waals surface area contributed by atoms with Gasteiger partial charge in [-0.15, -0.1) is 0 Å². The smallest absolute Gasteiger partial charge is 0.135 e. The molecule has 0 spiro atoms. The van der Waals surface area contributed by atoms with Crippen LogP contribution in [0.3, 0.4) is 0 Å². The highest BCUT2D eigenvalue weighted by atomic mass is 79.9. The van der Waals surface area contributed by atoms with Crippen LogP contribution in [0.1, 0.15) is 13.8 Å². The molecule has 2 nitrogen and oxygen atoms in total. The molecule has 0 fully saturated rings. The van der Waals surface area contributed by atoms with Crippen molar-refractivity contribution >= 4 is 21.6 Å². The van der Waals surface area contributed by atoms with E-state index >= 15 is 0 Å². The SMILES string of the molecule is C/C=C(/C)Nc1ccc(Br)c(OC)c1. The van der Waals surface area contributed by atoms with Crippen molar-refractivity contribution in [2.24, 2.45) is 0 Å².